The minimum absolute atomic E-state index is 0.230. The third-order valence-corrected chi connectivity index (χ3v) is 4.19. The van der Waals surface area contributed by atoms with Crippen molar-refractivity contribution in [2.75, 3.05) is 13.4 Å². The van der Waals surface area contributed by atoms with Gasteiger partial charge in [0.2, 0.25) is 0 Å². The molecule has 106 valence electrons. The number of sulfone groups is 1. The lowest BCUT2D eigenvalue weighted by atomic mass is 10.0. The maximum atomic E-state index is 11.4. The lowest BCUT2D eigenvalue weighted by Gasteiger charge is -2.15. The quantitative estimate of drug-likeness (QED) is 0.938. The summed E-state index contributed by atoms with van der Waals surface area (Å²) in [5.41, 5.74) is 1.25. The molecule has 1 atom stereocenters. The number of hydrogen-bond donors (Lipinski definition) is 1. The zero-order chi connectivity index (χ0) is 14.8. The van der Waals surface area contributed by atoms with Crippen molar-refractivity contribution in [1.29, 1.82) is 0 Å². The van der Waals surface area contributed by atoms with Gasteiger partial charge in [-0.15, -0.1) is 0 Å². The number of aliphatic hydroxyl groups excluding tert-OH is 1. The average Bonchev–Trinajstić information content (AvgIpc) is 2.45. The number of rotatable bonds is 4. The van der Waals surface area contributed by atoms with Gasteiger partial charge in [0.05, 0.1) is 12.0 Å². The Bertz CT molecular complexity index is 690. The molecule has 0 aliphatic rings. The predicted octanol–water partition coefficient (Wildman–Crippen LogP) is 2.18. The number of hydrogen-bond acceptors (Lipinski definition) is 4. The minimum Gasteiger partial charge on any atom is -0.496 e. The van der Waals surface area contributed by atoms with Gasteiger partial charge >= 0.3 is 0 Å². The number of aliphatic hydroxyl groups is 1. The summed E-state index contributed by atoms with van der Waals surface area (Å²) in [6, 6.07) is 13.4. The second kappa shape index (κ2) is 5.64. The van der Waals surface area contributed by atoms with E-state index >= 15 is 0 Å². The number of benzene rings is 2. The Morgan fingerprint density at radius 1 is 1.05 bits per heavy atom. The molecule has 0 aliphatic heterocycles. The summed E-state index contributed by atoms with van der Waals surface area (Å²) in [4.78, 5) is 0.230. The minimum atomic E-state index is -3.23. The maximum Gasteiger partial charge on any atom is 0.175 e. The third kappa shape index (κ3) is 3.00. The van der Waals surface area contributed by atoms with Crippen LogP contribution in [0, 0.1) is 0 Å². The molecule has 0 saturated heterocycles. The molecule has 1 N–H and O–H groups in total. The Kier molecular flexibility index (Phi) is 4.11. The van der Waals surface area contributed by atoms with Crippen molar-refractivity contribution in [2.45, 2.75) is 11.0 Å². The van der Waals surface area contributed by atoms with Crippen LogP contribution in [0.2, 0.25) is 0 Å². The molecule has 4 nitrogen and oxygen atoms in total. The summed E-state index contributed by atoms with van der Waals surface area (Å²) in [6.07, 6.45) is 0.290. The number of methoxy groups -OCH3 is 1. The highest BCUT2D eigenvalue weighted by Gasteiger charge is 2.15. The van der Waals surface area contributed by atoms with Crippen molar-refractivity contribution in [3.63, 3.8) is 0 Å². The molecular formula is C15H16O4S. The molecule has 5 heteroatoms. The van der Waals surface area contributed by atoms with Crippen molar-refractivity contribution >= 4 is 9.84 Å². The van der Waals surface area contributed by atoms with E-state index in [-0.39, 0.29) is 4.90 Å². The summed E-state index contributed by atoms with van der Waals surface area (Å²) in [5.74, 6) is 0.590. The Balaban J connectivity index is 2.36. The highest BCUT2D eigenvalue weighted by Crippen LogP contribution is 2.30. The molecule has 0 amide bonds. The van der Waals surface area contributed by atoms with E-state index in [0.717, 1.165) is 6.26 Å². The molecule has 2 aromatic rings. The van der Waals surface area contributed by atoms with Crippen molar-refractivity contribution in [3.05, 3.63) is 59.7 Å². The summed E-state index contributed by atoms with van der Waals surface area (Å²) < 4.78 is 28.0. The SMILES string of the molecule is COc1ccccc1C(O)c1ccc(S(C)(=O)=O)cc1. The Hall–Kier alpha value is -1.85. The second-order valence-corrected chi connectivity index (χ2v) is 6.50. The van der Waals surface area contributed by atoms with Crippen LogP contribution in [-0.4, -0.2) is 26.9 Å². The fraction of sp³-hybridized carbons (Fsp3) is 0.200. The fourth-order valence-electron chi connectivity index (χ4n) is 1.97. The van der Waals surface area contributed by atoms with Crippen molar-refractivity contribution in [1.82, 2.24) is 0 Å². The zero-order valence-electron chi connectivity index (χ0n) is 11.3. The Morgan fingerprint density at radius 2 is 1.65 bits per heavy atom. The normalized spacial score (nSPS) is 12.9. The van der Waals surface area contributed by atoms with Gasteiger partial charge in [0.25, 0.3) is 0 Å². The van der Waals surface area contributed by atoms with Crippen LogP contribution in [0.3, 0.4) is 0 Å². The summed E-state index contributed by atoms with van der Waals surface area (Å²) in [7, 11) is -1.69. The largest absolute Gasteiger partial charge is 0.496 e. The van der Waals surface area contributed by atoms with Gasteiger partial charge in [0.1, 0.15) is 11.9 Å². The monoisotopic (exact) mass is 292 g/mol. The second-order valence-electron chi connectivity index (χ2n) is 4.49. The molecule has 0 fully saturated rings. The summed E-state index contributed by atoms with van der Waals surface area (Å²) in [6.45, 7) is 0. The van der Waals surface area contributed by atoms with Crippen LogP contribution in [0.4, 0.5) is 0 Å². The van der Waals surface area contributed by atoms with Crippen LogP contribution < -0.4 is 4.74 Å². The van der Waals surface area contributed by atoms with Crippen LogP contribution in [-0.2, 0) is 9.84 Å². The molecule has 1 unspecified atom stereocenters. The van der Waals surface area contributed by atoms with E-state index < -0.39 is 15.9 Å². The van der Waals surface area contributed by atoms with E-state index in [1.54, 1.807) is 24.3 Å². The van der Waals surface area contributed by atoms with Crippen LogP contribution in [0.25, 0.3) is 0 Å². The standard InChI is InChI=1S/C15H16O4S/c1-19-14-6-4-3-5-13(14)15(16)11-7-9-12(10-8-11)20(2,17)18/h3-10,15-16H,1-2H3. The first-order valence-corrected chi connectivity index (χ1v) is 7.93. The average molecular weight is 292 g/mol. The Morgan fingerprint density at radius 3 is 2.20 bits per heavy atom. The van der Waals surface area contributed by atoms with Crippen molar-refractivity contribution < 1.29 is 18.3 Å². The number of ether oxygens (including phenoxy) is 1. The van der Waals surface area contributed by atoms with E-state index in [1.165, 1.54) is 19.2 Å². The van der Waals surface area contributed by atoms with Crippen LogP contribution in [0.15, 0.2) is 53.4 Å². The molecule has 0 bridgehead atoms. The molecule has 20 heavy (non-hydrogen) atoms. The van der Waals surface area contributed by atoms with Gasteiger partial charge in [-0.2, -0.15) is 0 Å². The van der Waals surface area contributed by atoms with Gasteiger partial charge in [-0.3, -0.25) is 0 Å². The van der Waals surface area contributed by atoms with E-state index in [0.29, 0.717) is 16.9 Å². The van der Waals surface area contributed by atoms with Crippen LogP contribution in [0.1, 0.15) is 17.2 Å². The van der Waals surface area contributed by atoms with Gasteiger partial charge in [0.15, 0.2) is 9.84 Å². The highest BCUT2D eigenvalue weighted by molar-refractivity contribution is 7.90. The van der Waals surface area contributed by atoms with E-state index in [9.17, 15) is 13.5 Å². The van der Waals surface area contributed by atoms with Gasteiger partial charge in [0, 0.05) is 11.8 Å². The molecule has 2 rings (SSSR count). The van der Waals surface area contributed by atoms with Crippen molar-refractivity contribution in [3.8, 4) is 5.75 Å². The number of para-hydroxylation sites is 1. The lowest BCUT2D eigenvalue weighted by molar-refractivity contribution is 0.214. The molecular weight excluding hydrogens is 276 g/mol. The Labute approximate surface area is 118 Å². The summed E-state index contributed by atoms with van der Waals surface area (Å²) >= 11 is 0. The smallest absolute Gasteiger partial charge is 0.175 e. The lowest BCUT2D eigenvalue weighted by Crippen LogP contribution is -2.03. The molecule has 0 spiro atoms. The molecule has 0 aliphatic carbocycles. The first kappa shape index (κ1) is 14.6. The third-order valence-electron chi connectivity index (χ3n) is 3.06. The van der Waals surface area contributed by atoms with Crippen molar-refractivity contribution in [2.24, 2.45) is 0 Å². The predicted molar refractivity (Wildman–Crippen MR) is 76.6 cm³/mol. The molecule has 0 saturated carbocycles. The van der Waals surface area contributed by atoms with Crippen LogP contribution in [0.5, 0.6) is 5.75 Å². The summed E-state index contributed by atoms with van der Waals surface area (Å²) in [5, 5.41) is 10.4. The van der Waals surface area contributed by atoms with Gasteiger partial charge in [-0.25, -0.2) is 8.42 Å². The topological polar surface area (TPSA) is 63.6 Å². The van der Waals surface area contributed by atoms with Crippen LogP contribution >= 0.6 is 0 Å². The van der Waals surface area contributed by atoms with E-state index in [2.05, 4.69) is 0 Å². The van der Waals surface area contributed by atoms with E-state index in [4.69, 9.17) is 4.74 Å². The zero-order valence-corrected chi connectivity index (χ0v) is 12.1. The molecule has 0 heterocycles. The fourth-order valence-corrected chi connectivity index (χ4v) is 2.60. The highest BCUT2D eigenvalue weighted by atomic mass is 32.2. The molecule has 0 radical (unpaired) electrons. The maximum absolute atomic E-state index is 11.4. The molecule has 2 aromatic carbocycles. The molecule has 0 aromatic heterocycles. The van der Waals surface area contributed by atoms with Gasteiger partial charge in [-0.1, -0.05) is 30.3 Å². The first-order valence-electron chi connectivity index (χ1n) is 6.04. The van der Waals surface area contributed by atoms with Gasteiger partial charge in [-0.05, 0) is 23.8 Å². The first-order chi connectivity index (χ1) is 9.43. The van der Waals surface area contributed by atoms with Gasteiger partial charge < -0.3 is 9.84 Å². The van der Waals surface area contributed by atoms with E-state index in [1.807, 2.05) is 12.1 Å².